The average Bonchev–Trinajstić information content (AvgIpc) is 2.01. The lowest BCUT2D eigenvalue weighted by Crippen LogP contribution is -2.43. The van der Waals surface area contributed by atoms with Gasteiger partial charge in [-0.05, 0) is 18.3 Å². The molecule has 0 saturated carbocycles. The van der Waals surface area contributed by atoms with Crippen LogP contribution in [0.4, 0.5) is 0 Å². The van der Waals surface area contributed by atoms with E-state index in [0.29, 0.717) is 13.0 Å². The van der Waals surface area contributed by atoms with Gasteiger partial charge in [0.2, 0.25) is 5.91 Å². The Morgan fingerprint density at radius 3 is 2.64 bits per heavy atom. The topological polar surface area (TPSA) is 40.5 Å². The van der Waals surface area contributed by atoms with Crippen molar-refractivity contribution in [2.24, 2.45) is 5.41 Å². The number of aliphatic hydroxyl groups is 1. The van der Waals surface area contributed by atoms with Crippen LogP contribution in [0.3, 0.4) is 0 Å². The molecule has 14 heavy (non-hydrogen) atoms. The lowest BCUT2D eigenvalue weighted by atomic mass is 9.91. The zero-order valence-corrected chi connectivity index (χ0v) is 9.42. The molecule has 1 heterocycles. The number of piperidine rings is 1. The minimum Gasteiger partial charge on any atom is -0.391 e. The molecule has 0 aliphatic carbocycles. The molecule has 1 rings (SSSR count). The highest BCUT2D eigenvalue weighted by molar-refractivity contribution is 5.76. The van der Waals surface area contributed by atoms with Gasteiger partial charge in [0.15, 0.2) is 0 Å². The van der Waals surface area contributed by atoms with Crippen molar-refractivity contribution in [3.63, 3.8) is 0 Å². The van der Waals surface area contributed by atoms with Crippen molar-refractivity contribution in [3.05, 3.63) is 0 Å². The van der Waals surface area contributed by atoms with E-state index in [4.69, 9.17) is 0 Å². The van der Waals surface area contributed by atoms with E-state index in [1.807, 2.05) is 0 Å². The van der Waals surface area contributed by atoms with Crippen LogP contribution >= 0.6 is 0 Å². The van der Waals surface area contributed by atoms with Gasteiger partial charge in [0.1, 0.15) is 0 Å². The summed E-state index contributed by atoms with van der Waals surface area (Å²) in [6.07, 6.45) is 2.02. The van der Waals surface area contributed by atoms with E-state index in [0.717, 1.165) is 19.4 Å². The third-order valence-corrected chi connectivity index (χ3v) is 2.43. The van der Waals surface area contributed by atoms with Crippen molar-refractivity contribution in [2.75, 3.05) is 13.1 Å². The van der Waals surface area contributed by atoms with E-state index >= 15 is 0 Å². The molecular weight excluding hydrogens is 178 g/mol. The summed E-state index contributed by atoms with van der Waals surface area (Å²) in [4.78, 5) is 13.6. The SMILES string of the molecule is CC(C)(C)CC(=O)N1CCCC(O)C1. The fraction of sp³-hybridized carbons (Fsp3) is 0.909. The van der Waals surface area contributed by atoms with Gasteiger partial charge >= 0.3 is 0 Å². The lowest BCUT2D eigenvalue weighted by Gasteiger charge is -2.32. The molecule has 1 fully saturated rings. The molecule has 0 aromatic heterocycles. The summed E-state index contributed by atoms with van der Waals surface area (Å²) in [5.74, 6) is 0.177. The highest BCUT2D eigenvalue weighted by Crippen LogP contribution is 2.21. The number of likely N-dealkylation sites (tertiary alicyclic amines) is 1. The number of hydrogen-bond donors (Lipinski definition) is 1. The minimum absolute atomic E-state index is 0.0412. The van der Waals surface area contributed by atoms with Gasteiger partial charge in [0.25, 0.3) is 0 Å². The Kier molecular flexibility index (Phi) is 3.53. The first-order chi connectivity index (χ1) is 6.38. The molecule has 1 saturated heterocycles. The zero-order valence-electron chi connectivity index (χ0n) is 9.42. The predicted molar refractivity (Wildman–Crippen MR) is 55.9 cm³/mol. The second-order valence-corrected chi connectivity index (χ2v) is 5.37. The molecule has 3 heteroatoms. The van der Waals surface area contributed by atoms with Gasteiger partial charge < -0.3 is 10.0 Å². The van der Waals surface area contributed by atoms with Crippen molar-refractivity contribution in [3.8, 4) is 0 Å². The Morgan fingerprint density at radius 1 is 1.50 bits per heavy atom. The molecule has 1 atom stereocenters. The van der Waals surface area contributed by atoms with Crippen LogP contribution in [0.15, 0.2) is 0 Å². The van der Waals surface area contributed by atoms with Crippen molar-refractivity contribution in [1.82, 2.24) is 4.90 Å². The Bertz CT molecular complexity index is 208. The third-order valence-electron chi connectivity index (χ3n) is 2.43. The molecule has 82 valence electrons. The Balaban J connectivity index is 2.44. The Hall–Kier alpha value is -0.570. The first kappa shape index (κ1) is 11.5. The molecule has 1 unspecified atom stereocenters. The van der Waals surface area contributed by atoms with Gasteiger partial charge in [-0.25, -0.2) is 0 Å². The van der Waals surface area contributed by atoms with Crippen LogP contribution in [-0.4, -0.2) is 35.1 Å². The van der Waals surface area contributed by atoms with E-state index in [1.54, 1.807) is 4.90 Å². The second kappa shape index (κ2) is 4.30. The normalized spacial score (nSPS) is 23.7. The van der Waals surface area contributed by atoms with Gasteiger partial charge in [0.05, 0.1) is 6.10 Å². The van der Waals surface area contributed by atoms with Crippen LogP contribution in [0.5, 0.6) is 0 Å². The highest BCUT2D eigenvalue weighted by Gasteiger charge is 2.25. The number of carbonyl (C=O) groups excluding carboxylic acids is 1. The minimum atomic E-state index is -0.312. The summed E-state index contributed by atoms with van der Waals surface area (Å²) in [5, 5.41) is 9.43. The first-order valence-electron chi connectivity index (χ1n) is 5.34. The van der Waals surface area contributed by atoms with Gasteiger partial charge in [-0.2, -0.15) is 0 Å². The number of hydrogen-bond acceptors (Lipinski definition) is 2. The number of rotatable bonds is 1. The summed E-state index contributed by atoms with van der Waals surface area (Å²) in [5.41, 5.74) is 0.0412. The van der Waals surface area contributed by atoms with E-state index in [2.05, 4.69) is 20.8 Å². The van der Waals surface area contributed by atoms with Gasteiger partial charge in [-0.3, -0.25) is 4.79 Å². The molecule has 1 amide bonds. The summed E-state index contributed by atoms with van der Waals surface area (Å²) < 4.78 is 0. The third kappa shape index (κ3) is 3.66. The second-order valence-electron chi connectivity index (χ2n) is 5.37. The van der Waals surface area contributed by atoms with E-state index < -0.39 is 0 Å². The fourth-order valence-electron chi connectivity index (χ4n) is 1.75. The van der Waals surface area contributed by atoms with Crippen molar-refractivity contribution >= 4 is 5.91 Å². The molecule has 0 spiro atoms. The molecule has 0 aromatic carbocycles. The van der Waals surface area contributed by atoms with Crippen LogP contribution in [0.1, 0.15) is 40.0 Å². The lowest BCUT2D eigenvalue weighted by molar-refractivity contribution is -0.136. The molecule has 3 nitrogen and oxygen atoms in total. The predicted octanol–water partition coefficient (Wildman–Crippen LogP) is 1.41. The van der Waals surface area contributed by atoms with Gasteiger partial charge in [-0.1, -0.05) is 20.8 Å². The number of amides is 1. The molecule has 0 bridgehead atoms. The average molecular weight is 199 g/mol. The van der Waals surface area contributed by atoms with Crippen molar-refractivity contribution in [1.29, 1.82) is 0 Å². The number of aliphatic hydroxyl groups excluding tert-OH is 1. The standard InChI is InChI=1S/C11H21NO2/c1-11(2,3)7-10(14)12-6-4-5-9(13)8-12/h9,13H,4-8H2,1-3H3. The van der Waals surface area contributed by atoms with Crippen molar-refractivity contribution < 1.29 is 9.90 Å². The Labute approximate surface area is 86.1 Å². The van der Waals surface area contributed by atoms with Crippen LogP contribution in [-0.2, 0) is 4.79 Å². The zero-order chi connectivity index (χ0) is 10.8. The van der Waals surface area contributed by atoms with Crippen LogP contribution in [0.2, 0.25) is 0 Å². The van der Waals surface area contributed by atoms with Crippen molar-refractivity contribution in [2.45, 2.75) is 46.1 Å². The van der Waals surface area contributed by atoms with Crippen LogP contribution in [0, 0.1) is 5.41 Å². The maximum Gasteiger partial charge on any atom is 0.223 e. The maximum absolute atomic E-state index is 11.8. The summed E-state index contributed by atoms with van der Waals surface area (Å²) in [6, 6.07) is 0. The summed E-state index contributed by atoms with van der Waals surface area (Å²) >= 11 is 0. The van der Waals surface area contributed by atoms with E-state index in [9.17, 15) is 9.90 Å². The maximum atomic E-state index is 11.8. The quantitative estimate of drug-likeness (QED) is 0.693. The van der Waals surface area contributed by atoms with Gasteiger partial charge in [-0.15, -0.1) is 0 Å². The number of nitrogens with zero attached hydrogens (tertiary/aromatic N) is 1. The molecule has 0 aromatic rings. The smallest absolute Gasteiger partial charge is 0.223 e. The molecule has 0 radical (unpaired) electrons. The van der Waals surface area contributed by atoms with Crippen LogP contribution in [0.25, 0.3) is 0 Å². The van der Waals surface area contributed by atoms with Crippen LogP contribution < -0.4 is 0 Å². The first-order valence-corrected chi connectivity index (χ1v) is 5.34. The van der Waals surface area contributed by atoms with Gasteiger partial charge in [0, 0.05) is 19.5 Å². The molecule has 1 aliphatic rings. The number of β-amino-alcohol motifs (C(OH)–C–C–N with tert-alkyl or cyclic N) is 1. The highest BCUT2D eigenvalue weighted by atomic mass is 16.3. The summed E-state index contributed by atoms with van der Waals surface area (Å²) in [6.45, 7) is 7.52. The number of carbonyl (C=O) groups is 1. The summed E-state index contributed by atoms with van der Waals surface area (Å²) in [7, 11) is 0. The Morgan fingerprint density at radius 2 is 2.14 bits per heavy atom. The van der Waals surface area contributed by atoms with E-state index in [1.165, 1.54) is 0 Å². The largest absolute Gasteiger partial charge is 0.391 e. The fourth-order valence-corrected chi connectivity index (χ4v) is 1.75. The monoisotopic (exact) mass is 199 g/mol. The molecule has 1 aliphatic heterocycles. The molecular formula is C11H21NO2. The molecule has 1 N–H and O–H groups in total. The van der Waals surface area contributed by atoms with E-state index in [-0.39, 0.29) is 17.4 Å².